The van der Waals surface area contributed by atoms with Gasteiger partial charge in [-0.2, -0.15) is 0 Å². The van der Waals surface area contributed by atoms with E-state index in [2.05, 4.69) is 77.9 Å². The highest BCUT2D eigenvalue weighted by Crippen LogP contribution is 2.44. The minimum Gasteiger partial charge on any atom is -0.381 e. The Kier molecular flexibility index (Phi) is 24.3. The summed E-state index contributed by atoms with van der Waals surface area (Å²) in [5.74, 6) is 0. The Morgan fingerprint density at radius 1 is 0.388 bits per heavy atom. The Bertz CT molecular complexity index is 2160. The van der Waals surface area contributed by atoms with Crippen LogP contribution in [0.2, 0.25) is 0 Å². The average Bonchev–Trinajstić information content (AvgIpc) is 4.19. The lowest BCUT2D eigenvalue weighted by molar-refractivity contribution is 0.133. The van der Waals surface area contributed by atoms with Gasteiger partial charge < -0.3 is 18.9 Å². The van der Waals surface area contributed by atoms with Gasteiger partial charge in [0, 0.05) is 76.6 Å². The first-order valence-electron chi connectivity index (χ1n) is 26.2. The molecule has 0 saturated carbocycles. The standard InChI is InChI=1S/C57H82N2O4S4/c1-7-11-15-19-29-60-33-25-44-37-52(64-42(44)5)56-46(27-35-62-31-21-17-13-9-3)39-50(66-56)48-23-24-49(55-54(48)58-41-59-55)51-40-47(28-36-63-32-22-18-14-10-4)57(67-51)53-38-45(43(6)65-53)26-34-61-30-20-16-12-8-2/h23-24,37-40H,7-22,25-36,41H2,1-6H3. The third-order valence-corrected chi connectivity index (χ3v) is 17.8. The van der Waals surface area contributed by atoms with E-state index < -0.39 is 0 Å². The first-order valence-corrected chi connectivity index (χ1v) is 29.5. The maximum absolute atomic E-state index is 6.24. The molecule has 0 atom stereocenters. The van der Waals surface area contributed by atoms with Crippen molar-refractivity contribution in [3.05, 3.63) is 79.1 Å². The normalized spacial score (nSPS) is 12.3. The van der Waals surface area contributed by atoms with Gasteiger partial charge in [-0.25, -0.2) is 0 Å². The van der Waals surface area contributed by atoms with Crippen molar-refractivity contribution >= 4 is 45.3 Å². The Labute approximate surface area is 420 Å². The molecule has 1 aliphatic heterocycles. The van der Waals surface area contributed by atoms with Crippen LogP contribution >= 0.6 is 45.3 Å². The summed E-state index contributed by atoms with van der Waals surface area (Å²) < 4.78 is 24.7. The largest absolute Gasteiger partial charge is 0.381 e. The lowest BCUT2D eigenvalue weighted by Gasteiger charge is -2.05. The fourth-order valence-electron chi connectivity index (χ4n) is 8.81. The van der Waals surface area contributed by atoms with Gasteiger partial charge in [0.15, 0.2) is 0 Å². The molecule has 0 spiro atoms. The van der Waals surface area contributed by atoms with Gasteiger partial charge in [0.2, 0.25) is 0 Å². The number of hydrogen-bond acceptors (Lipinski definition) is 10. The number of ether oxygens (including phenoxy) is 4. The van der Waals surface area contributed by atoms with Gasteiger partial charge in [-0.15, -0.1) is 45.3 Å². The average molecular weight is 988 g/mol. The highest BCUT2D eigenvalue weighted by molar-refractivity contribution is 7.24. The number of aryl methyl sites for hydroxylation is 2. The summed E-state index contributed by atoms with van der Waals surface area (Å²) in [6, 6.07) is 14.4. The zero-order chi connectivity index (χ0) is 47.1. The van der Waals surface area contributed by atoms with E-state index in [1.54, 1.807) is 0 Å². The van der Waals surface area contributed by atoms with Crippen LogP contribution in [0.5, 0.6) is 0 Å². The summed E-state index contributed by atoms with van der Waals surface area (Å²) in [6.07, 6.45) is 23.4. The number of nitrogens with zero attached hydrogens (tertiary/aromatic N) is 2. The number of unbranched alkanes of at least 4 members (excludes halogenated alkanes) is 12. The molecule has 0 unspecified atom stereocenters. The first kappa shape index (κ1) is 53.8. The minimum atomic E-state index is 0.468. The molecule has 0 radical (unpaired) electrons. The van der Waals surface area contributed by atoms with Crippen molar-refractivity contribution < 1.29 is 18.9 Å². The van der Waals surface area contributed by atoms with E-state index in [0.717, 1.165) is 115 Å². The molecule has 0 amide bonds. The van der Waals surface area contributed by atoms with Crippen LogP contribution in [-0.2, 0) is 44.6 Å². The summed E-state index contributed by atoms with van der Waals surface area (Å²) >= 11 is 7.67. The molecular weight excluding hydrogens is 905 g/mol. The fourth-order valence-corrected chi connectivity index (χ4v) is 13.7. The zero-order valence-corrected chi connectivity index (χ0v) is 45.4. The van der Waals surface area contributed by atoms with E-state index in [0.29, 0.717) is 6.67 Å². The van der Waals surface area contributed by atoms with Gasteiger partial charge in [0.25, 0.3) is 0 Å². The maximum Gasteiger partial charge on any atom is 0.130 e. The van der Waals surface area contributed by atoms with Crippen LogP contribution in [0.4, 0.5) is 0 Å². The molecule has 6 rings (SSSR count). The van der Waals surface area contributed by atoms with Crippen molar-refractivity contribution in [2.75, 3.05) is 59.5 Å². The van der Waals surface area contributed by atoms with Crippen LogP contribution < -0.4 is 10.7 Å². The van der Waals surface area contributed by atoms with E-state index in [1.165, 1.54) is 149 Å². The second-order valence-corrected chi connectivity index (χ2v) is 22.9. The van der Waals surface area contributed by atoms with Gasteiger partial charge in [-0.1, -0.05) is 117 Å². The van der Waals surface area contributed by atoms with Crippen LogP contribution in [0.15, 0.2) is 46.4 Å². The van der Waals surface area contributed by atoms with Gasteiger partial charge in [0.1, 0.15) is 6.67 Å². The highest BCUT2D eigenvalue weighted by Gasteiger charge is 2.22. The Balaban J connectivity index is 1.25. The number of benzene rings is 1. The maximum atomic E-state index is 6.24. The second-order valence-electron chi connectivity index (χ2n) is 18.3. The number of rotatable bonds is 36. The van der Waals surface area contributed by atoms with E-state index in [-0.39, 0.29) is 0 Å². The van der Waals surface area contributed by atoms with Crippen molar-refractivity contribution in [2.45, 2.75) is 170 Å². The third-order valence-electron chi connectivity index (χ3n) is 12.9. The molecule has 0 bridgehead atoms. The molecule has 10 heteroatoms. The molecule has 0 aliphatic carbocycles. The predicted octanol–water partition coefficient (Wildman–Crippen LogP) is 16.0. The highest BCUT2D eigenvalue weighted by atomic mass is 32.1. The lowest BCUT2D eigenvalue weighted by atomic mass is 10.0. The molecule has 4 aromatic heterocycles. The van der Waals surface area contributed by atoms with Crippen LogP contribution in [0.3, 0.4) is 0 Å². The van der Waals surface area contributed by atoms with Gasteiger partial charge in [-0.05, 0) is 112 Å². The van der Waals surface area contributed by atoms with Gasteiger partial charge >= 0.3 is 0 Å². The van der Waals surface area contributed by atoms with E-state index >= 15 is 0 Å². The fraction of sp³-hybridized carbons (Fsp3) is 0.614. The summed E-state index contributed by atoms with van der Waals surface area (Å²) in [5.41, 5.74) is 7.91. The summed E-state index contributed by atoms with van der Waals surface area (Å²) in [4.78, 5) is 20.9. The second kappa shape index (κ2) is 30.3. The first-order chi connectivity index (χ1) is 32.9. The monoisotopic (exact) mass is 987 g/mol. The van der Waals surface area contributed by atoms with Crippen LogP contribution in [0.25, 0.3) is 40.4 Å². The Morgan fingerprint density at radius 2 is 0.716 bits per heavy atom. The van der Waals surface area contributed by atoms with Crippen molar-refractivity contribution in [3.8, 4) is 40.4 Å². The lowest BCUT2D eigenvalue weighted by Crippen LogP contribution is -2.26. The molecule has 0 fully saturated rings. The molecule has 1 aliphatic rings. The number of fused-ring (bicyclic) bond motifs is 1. The molecule has 1 aromatic carbocycles. The summed E-state index contributed by atoms with van der Waals surface area (Å²) in [5, 5.41) is 2.05. The Morgan fingerprint density at radius 3 is 1.06 bits per heavy atom. The molecule has 6 nitrogen and oxygen atoms in total. The number of hydrogen-bond donors (Lipinski definition) is 0. The quantitative estimate of drug-likeness (QED) is 0.0375. The molecule has 0 saturated heterocycles. The molecule has 5 heterocycles. The van der Waals surface area contributed by atoms with E-state index in [9.17, 15) is 0 Å². The van der Waals surface area contributed by atoms with Gasteiger partial charge in [-0.3, -0.25) is 9.98 Å². The third kappa shape index (κ3) is 16.5. The summed E-state index contributed by atoms with van der Waals surface area (Å²) in [6.45, 7) is 20.5. The Hall–Kier alpha value is -2.54. The zero-order valence-electron chi connectivity index (χ0n) is 42.1. The predicted molar refractivity (Wildman–Crippen MR) is 291 cm³/mol. The van der Waals surface area contributed by atoms with Crippen molar-refractivity contribution in [3.63, 3.8) is 0 Å². The topological polar surface area (TPSA) is 61.6 Å². The van der Waals surface area contributed by atoms with Crippen molar-refractivity contribution in [1.29, 1.82) is 0 Å². The van der Waals surface area contributed by atoms with Crippen molar-refractivity contribution in [2.24, 2.45) is 9.98 Å². The van der Waals surface area contributed by atoms with Crippen LogP contribution in [0.1, 0.15) is 162 Å². The van der Waals surface area contributed by atoms with Gasteiger partial charge in [0.05, 0.1) is 37.1 Å². The molecular formula is C57H82N2O4S4. The molecule has 67 heavy (non-hydrogen) atoms. The van der Waals surface area contributed by atoms with E-state index in [4.69, 9.17) is 28.9 Å². The smallest absolute Gasteiger partial charge is 0.130 e. The minimum absolute atomic E-state index is 0.468. The SMILES string of the molecule is CCCCCCOCCc1cc(-c2sc(-c3ccc(-c4cc(CCOCCCCCC)c(-c5cc(CCOCCCCCC)c(C)s5)s4)c4c3=NCN=4)cc2CCOCCCCCC)sc1C. The molecule has 5 aromatic rings. The number of thiophene rings is 4. The van der Waals surface area contributed by atoms with Crippen molar-refractivity contribution in [1.82, 2.24) is 0 Å². The summed E-state index contributed by atoms with van der Waals surface area (Å²) in [7, 11) is 0. The van der Waals surface area contributed by atoms with E-state index in [1.807, 2.05) is 45.3 Å². The molecule has 0 N–H and O–H groups in total. The van der Waals surface area contributed by atoms with Crippen LogP contribution in [-0.4, -0.2) is 59.5 Å². The van der Waals surface area contributed by atoms with Crippen LogP contribution in [0, 0.1) is 13.8 Å². The molecule has 368 valence electrons.